The van der Waals surface area contributed by atoms with Gasteiger partial charge in [-0.05, 0) is 36.4 Å². The summed E-state index contributed by atoms with van der Waals surface area (Å²) in [6.07, 6.45) is -3.39. The van der Waals surface area contributed by atoms with Crippen molar-refractivity contribution in [2.45, 2.75) is 6.18 Å². The van der Waals surface area contributed by atoms with Gasteiger partial charge >= 0.3 is 11.2 Å². The Morgan fingerprint density at radius 2 is 1.81 bits per heavy atom. The van der Waals surface area contributed by atoms with E-state index in [-0.39, 0.29) is 38.1 Å². The monoisotopic (exact) mass is 528 g/mol. The van der Waals surface area contributed by atoms with Gasteiger partial charge in [-0.1, -0.05) is 29.5 Å². The Morgan fingerprint density at radius 1 is 1.05 bits per heavy atom. The highest BCUT2D eigenvalue weighted by Gasteiger charge is 2.31. The van der Waals surface area contributed by atoms with Crippen molar-refractivity contribution in [3.8, 4) is 17.1 Å². The van der Waals surface area contributed by atoms with Gasteiger partial charge in [-0.2, -0.15) is 18.3 Å². The van der Waals surface area contributed by atoms with Gasteiger partial charge in [0, 0.05) is 6.07 Å². The Hall–Kier alpha value is -4.72. The molecule has 0 spiro atoms. The summed E-state index contributed by atoms with van der Waals surface area (Å²) < 4.78 is 55.3. The molecule has 0 aliphatic rings. The number of nitrogens with one attached hydrogen (secondary N) is 1. The Morgan fingerprint density at radius 3 is 2.46 bits per heavy atom. The normalized spacial score (nSPS) is 11.6. The van der Waals surface area contributed by atoms with Crippen LogP contribution in [0.1, 0.15) is 15.2 Å². The van der Waals surface area contributed by atoms with Crippen LogP contribution in [-0.4, -0.2) is 30.6 Å². The van der Waals surface area contributed by atoms with E-state index in [0.29, 0.717) is 29.2 Å². The van der Waals surface area contributed by atoms with Crippen molar-refractivity contribution in [2.24, 2.45) is 0 Å². The number of thiophene rings is 1. The number of anilines is 1. The lowest BCUT2D eigenvalue weighted by Crippen LogP contribution is -2.13. The molecule has 0 saturated heterocycles. The van der Waals surface area contributed by atoms with E-state index in [0.717, 1.165) is 6.07 Å². The van der Waals surface area contributed by atoms with Crippen LogP contribution in [0.3, 0.4) is 0 Å². The summed E-state index contributed by atoms with van der Waals surface area (Å²) in [6, 6.07) is 13.1. The molecule has 14 heteroatoms. The van der Waals surface area contributed by atoms with Crippen molar-refractivity contribution in [1.82, 2.24) is 19.7 Å². The summed E-state index contributed by atoms with van der Waals surface area (Å²) in [5.74, 6) is -2.36. The smallest absolute Gasteiger partial charge is 0.305 e. The van der Waals surface area contributed by atoms with Gasteiger partial charge in [0.2, 0.25) is 0 Å². The molecule has 186 valence electrons. The first-order valence-corrected chi connectivity index (χ1v) is 11.2. The molecule has 1 N–H and O–H groups in total. The fourth-order valence-electron chi connectivity index (χ4n) is 3.47. The first-order chi connectivity index (χ1) is 17.6. The average Bonchev–Trinajstić information content (AvgIpc) is 3.52. The molecule has 5 aromatic rings. The van der Waals surface area contributed by atoms with Crippen LogP contribution in [0.25, 0.3) is 28.1 Å². The van der Waals surface area contributed by atoms with E-state index in [1.807, 2.05) is 0 Å². The number of nitrogens with zero attached hydrogens (tertiary/aromatic N) is 5. The highest BCUT2D eigenvalue weighted by molar-refractivity contribution is 7.17. The quantitative estimate of drug-likeness (QED) is 0.174. The van der Waals surface area contributed by atoms with E-state index in [1.165, 1.54) is 23.0 Å². The number of hydrogen-bond acceptors (Lipinski definition) is 7. The van der Waals surface area contributed by atoms with Gasteiger partial charge in [0.05, 0.1) is 38.2 Å². The van der Waals surface area contributed by atoms with Crippen molar-refractivity contribution < 1.29 is 27.3 Å². The molecule has 0 bridgehead atoms. The minimum Gasteiger partial charge on any atom is -0.305 e. The molecule has 0 fully saturated rings. The van der Waals surface area contributed by atoms with Gasteiger partial charge in [-0.3, -0.25) is 14.9 Å². The second-order valence-corrected chi connectivity index (χ2v) is 8.63. The highest BCUT2D eigenvalue weighted by Crippen LogP contribution is 2.34. The number of fused-ring (bicyclic) bond motifs is 1. The largest absolute Gasteiger partial charge is 0.416 e. The van der Waals surface area contributed by atoms with Gasteiger partial charge in [0.1, 0.15) is 11.6 Å². The van der Waals surface area contributed by atoms with E-state index in [4.69, 9.17) is 0 Å². The number of carbonyl (C=O) groups is 1. The maximum Gasteiger partial charge on any atom is 0.416 e. The second kappa shape index (κ2) is 9.05. The lowest BCUT2D eigenvalue weighted by atomic mass is 10.1. The average molecular weight is 528 g/mol. The minimum atomic E-state index is -4.75. The molecular formula is C23H12F4N6O3S. The van der Waals surface area contributed by atoms with Crippen molar-refractivity contribution in [2.75, 3.05) is 5.32 Å². The number of alkyl halides is 3. The molecule has 0 aliphatic carbocycles. The molecule has 9 nitrogen and oxygen atoms in total. The molecule has 0 radical (unpaired) electrons. The van der Waals surface area contributed by atoms with Gasteiger partial charge < -0.3 is 5.32 Å². The Balaban J connectivity index is 1.65. The number of amides is 1. The molecule has 0 unspecified atom stereocenters. The van der Waals surface area contributed by atoms with Crippen molar-refractivity contribution in [1.29, 1.82) is 0 Å². The van der Waals surface area contributed by atoms with Crippen molar-refractivity contribution in [3.63, 3.8) is 0 Å². The van der Waals surface area contributed by atoms with Crippen LogP contribution in [0.2, 0.25) is 0 Å². The summed E-state index contributed by atoms with van der Waals surface area (Å²) >= 11 is 0.641. The summed E-state index contributed by atoms with van der Waals surface area (Å²) in [5, 5.41) is 17.8. The minimum absolute atomic E-state index is 0.0103. The fourth-order valence-corrected chi connectivity index (χ4v) is 4.19. The third-order valence-electron chi connectivity index (χ3n) is 5.19. The number of hydrogen-bond donors (Lipinski definition) is 1. The number of aromatic nitrogens is 4. The Bertz CT molecular complexity index is 1670. The number of para-hydroxylation sites is 1. The zero-order chi connectivity index (χ0) is 26.3. The lowest BCUT2D eigenvalue weighted by molar-refractivity contribution is -0.380. The molecule has 37 heavy (non-hydrogen) atoms. The molecule has 5 rings (SSSR count). The summed E-state index contributed by atoms with van der Waals surface area (Å²) in [5.41, 5.74) is -0.806. The van der Waals surface area contributed by atoms with Crippen LogP contribution in [0, 0.1) is 15.9 Å². The summed E-state index contributed by atoms with van der Waals surface area (Å²) in [6.45, 7) is 0. The van der Waals surface area contributed by atoms with E-state index in [9.17, 15) is 32.5 Å². The molecular weight excluding hydrogens is 516 g/mol. The van der Waals surface area contributed by atoms with Gasteiger partial charge in [0.15, 0.2) is 11.5 Å². The van der Waals surface area contributed by atoms with Crippen LogP contribution < -0.4 is 5.32 Å². The molecule has 0 atom stereocenters. The van der Waals surface area contributed by atoms with Crippen LogP contribution >= 0.6 is 11.3 Å². The standard InChI is InChI=1S/C23H12F4N6O3S/c24-16-10-12(23(25,26)27)6-7-14(16)19-29-20(31-22(34)17-8-9-18(37-17)33(35)36)15-11-28-32(21(15)30-19)13-4-2-1-3-5-13/h1-11H,(H,29,30,31,34). The number of nitro groups is 1. The first kappa shape index (κ1) is 24.0. The Kier molecular flexibility index (Phi) is 5.87. The third-order valence-corrected chi connectivity index (χ3v) is 6.23. The maximum absolute atomic E-state index is 14.8. The van der Waals surface area contributed by atoms with Gasteiger partial charge in [0.25, 0.3) is 5.91 Å². The number of carbonyl (C=O) groups excluding carboxylic acids is 1. The van der Waals surface area contributed by atoms with Crippen LogP contribution in [0.15, 0.2) is 66.9 Å². The zero-order valence-electron chi connectivity index (χ0n) is 18.2. The van der Waals surface area contributed by atoms with E-state index >= 15 is 0 Å². The summed E-state index contributed by atoms with van der Waals surface area (Å²) in [7, 11) is 0. The molecule has 3 heterocycles. The SMILES string of the molecule is O=C(Nc1nc(-c2ccc(C(F)(F)F)cc2F)nc2c1cnn2-c1ccccc1)c1ccc([N+](=O)[O-])s1. The van der Waals surface area contributed by atoms with Crippen molar-refractivity contribution in [3.05, 3.63) is 93.2 Å². The van der Waals surface area contributed by atoms with Crippen LogP contribution in [0.5, 0.6) is 0 Å². The number of rotatable bonds is 5. The number of halogens is 4. The van der Waals surface area contributed by atoms with Crippen LogP contribution in [0.4, 0.5) is 28.4 Å². The van der Waals surface area contributed by atoms with Crippen molar-refractivity contribution >= 4 is 39.1 Å². The van der Waals surface area contributed by atoms with E-state index in [1.54, 1.807) is 30.3 Å². The maximum atomic E-state index is 14.8. The molecule has 3 aromatic heterocycles. The molecule has 2 aromatic carbocycles. The van der Waals surface area contributed by atoms with Crippen LogP contribution in [-0.2, 0) is 6.18 Å². The molecule has 0 saturated carbocycles. The topological polar surface area (TPSA) is 116 Å². The number of benzene rings is 2. The fraction of sp³-hybridized carbons (Fsp3) is 0.0435. The third kappa shape index (κ3) is 4.61. The highest BCUT2D eigenvalue weighted by atomic mass is 32.1. The summed E-state index contributed by atoms with van der Waals surface area (Å²) in [4.78, 5) is 31.7. The second-order valence-electron chi connectivity index (χ2n) is 7.57. The van der Waals surface area contributed by atoms with E-state index < -0.39 is 28.4 Å². The lowest BCUT2D eigenvalue weighted by Gasteiger charge is -2.11. The molecule has 0 aliphatic heterocycles. The molecule has 1 amide bonds. The zero-order valence-corrected chi connectivity index (χ0v) is 19.0. The van der Waals surface area contributed by atoms with Gasteiger partial charge in [-0.25, -0.2) is 19.0 Å². The Labute approximate surface area is 208 Å². The predicted molar refractivity (Wildman–Crippen MR) is 126 cm³/mol. The predicted octanol–water partition coefficient (Wildman–Crippen LogP) is 5.86. The van der Waals surface area contributed by atoms with E-state index in [2.05, 4.69) is 20.4 Å². The first-order valence-electron chi connectivity index (χ1n) is 10.4. The van der Waals surface area contributed by atoms with Gasteiger partial charge in [-0.15, -0.1) is 0 Å².